The topological polar surface area (TPSA) is 33.1 Å². The highest BCUT2D eigenvalue weighted by molar-refractivity contribution is 14.1. The maximum absolute atomic E-state index is 10.3. The molecule has 0 spiro atoms. The lowest BCUT2D eigenvalue weighted by atomic mass is 10.0. The number of aryl methyl sites for hydroxylation is 1. The Hall–Kier alpha value is -0.460. The van der Waals surface area contributed by atoms with Crippen molar-refractivity contribution in [1.29, 1.82) is 0 Å². The number of aliphatic hydroxyl groups excluding tert-OH is 1. The van der Waals surface area contributed by atoms with Crippen LogP contribution in [0.1, 0.15) is 22.9 Å². The number of aromatic nitrogens is 1. The average Bonchev–Trinajstić information content (AvgIpc) is 2.35. The summed E-state index contributed by atoms with van der Waals surface area (Å²) in [7, 11) is 0. The molecule has 0 aliphatic heterocycles. The van der Waals surface area contributed by atoms with Crippen LogP contribution < -0.4 is 0 Å². The van der Waals surface area contributed by atoms with E-state index in [0.29, 0.717) is 6.42 Å². The zero-order valence-electron chi connectivity index (χ0n) is 9.90. The van der Waals surface area contributed by atoms with Crippen LogP contribution in [0.3, 0.4) is 0 Å². The van der Waals surface area contributed by atoms with Gasteiger partial charge < -0.3 is 5.11 Å². The molecule has 0 aliphatic rings. The lowest BCUT2D eigenvalue weighted by Crippen LogP contribution is -2.06. The number of rotatable bonds is 3. The fourth-order valence-corrected chi connectivity index (χ4v) is 2.72. The van der Waals surface area contributed by atoms with Crippen LogP contribution in [0.4, 0.5) is 0 Å². The second-order valence-electron chi connectivity index (χ2n) is 4.17. The standard InChI is InChI=1S/C14H13BrINO/c1-9-3-2-4-12(14(9)16)13(18)7-11-6-5-10(15)8-17-11/h2-6,8,13,18H,7H2,1H3. The third-order valence-electron chi connectivity index (χ3n) is 2.77. The maximum atomic E-state index is 10.3. The molecule has 2 rings (SSSR count). The monoisotopic (exact) mass is 417 g/mol. The van der Waals surface area contributed by atoms with Gasteiger partial charge in [-0.2, -0.15) is 0 Å². The van der Waals surface area contributed by atoms with Gasteiger partial charge in [0.1, 0.15) is 0 Å². The third kappa shape index (κ3) is 3.30. The summed E-state index contributed by atoms with van der Waals surface area (Å²) in [6.07, 6.45) is 1.78. The Bertz CT molecular complexity index is 542. The van der Waals surface area contributed by atoms with Gasteiger partial charge in [0.25, 0.3) is 0 Å². The molecular weight excluding hydrogens is 405 g/mol. The summed E-state index contributed by atoms with van der Waals surface area (Å²) < 4.78 is 2.07. The molecule has 1 heterocycles. The molecule has 94 valence electrons. The van der Waals surface area contributed by atoms with Gasteiger partial charge in [-0.15, -0.1) is 0 Å². The maximum Gasteiger partial charge on any atom is 0.0855 e. The van der Waals surface area contributed by atoms with Gasteiger partial charge in [0, 0.05) is 26.4 Å². The van der Waals surface area contributed by atoms with Crippen LogP contribution >= 0.6 is 38.5 Å². The summed E-state index contributed by atoms with van der Waals surface area (Å²) in [6, 6.07) is 9.87. The predicted molar refractivity (Wildman–Crippen MR) is 84.5 cm³/mol. The Morgan fingerprint density at radius 3 is 2.78 bits per heavy atom. The minimum Gasteiger partial charge on any atom is -0.388 e. The molecule has 18 heavy (non-hydrogen) atoms. The molecule has 1 unspecified atom stereocenters. The lowest BCUT2D eigenvalue weighted by Gasteiger charge is -2.14. The van der Waals surface area contributed by atoms with Crippen molar-refractivity contribution in [3.63, 3.8) is 0 Å². The smallest absolute Gasteiger partial charge is 0.0855 e. The van der Waals surface area contributed by atoms with Gasteiger partial charge >= 0.3 is 0 Å². The van der Waals surface area contributed by atoms with Crippen LogP contribution in [-0.4, -0.2) is 10.1 Å². The first-order valence-electron chi connectivity index (χ1n) is 5.61. The molecule has 1 N–H and O–H groups in total. The summed E-state index contributed by atoms with van der Waals surface area (Å²) in [5.74, 6) is 0. The fourth-order valence-electron chi connectivity index (χ4n) is 1.76. The van der Waals surface area contributed by atoms with Crippen molar-refractivity contribution in [3.05, 3.63) is 61.4 Å². The Labute approximate surface area is 129 Å². The quantitative estimate of drug-likeness (QED) is 0.764. The zero-order valence-corrected chi connectivity index (χ0v) is 13.6. The molecule has 0 bridgehead atoms. The summed E-state index contributed by atoms with van der Waals surface area (Å²) in [5, 5.41) is 10.3. The molecule has 1 aromatic heterocycles. The average molecular weight is 418 g/mol. The summed E-state index contributed by atoms with van der Waals surface area (Å²) >= 11 is 5.63. The van der Waals surface area contributed by atoms with Gasteiger partial charge in [-0.1, -0.05) is 18.2 Å². The molecular formula is C14H13BrINO. The largest absolute Gasteiger partial charge is 0.388 e. The van der Waals surface area contributed by atoms with E-state index in [4.69, 9.17) is 0 Å². The Morgan fingerprint density at radius 2 is 2.11 bits per heavy atom. The van der Waals surface area contributed by atoms with Crippen molar-refractivity contribution in [2.45, 2.75) is 19.4 Å². The molecule has 1 aromatic carbocycles. The highest BCUT2D eigenvalue weighted by Crippen LogP contribution is 2.25. The first kappa shape index (κ1) is 14.0. The van der Waals surface area contributed by atoms with Crippen LogP contribution in [0.2, 0.25) is 0 Å². The van der Waals surface area contributed by atoms with Crippen molar-refractivity contribution >= 4 is 38.5 Å². The molecule has 2 nitrogen and oxygen atoms in total. The molecule has 0 fully saturated rings. The van der Waals surface area contributed by atoms with E-state index in [2.05, 4.69) is 56.5 Å². The third-order valence-corrected chi connectivity index (χ3v) is 4.71. The second kappa shape index (κ2) is 6.12. The van der Waals surface area contributed by atoms with Gasteiger partial charge in [-0.25, -0.2) is 0 Å². The molecule has 2 aromatic rings. The number of hydrogen-bond acceptors (Lipinski definition) is 2. The van der Waals surface area contributed by atoms with Gasteiger partial charge in [-0.3, -0.25) is 4.98 Å². The van der Waals surface area contributed by atoms with Crippen molar-refractivity contribution in [3.8, 4) is 0 Å². The highest BCUT2D eigenvalue weighted by Gasteiger charge is 2.13. The Morgan fingerprint density at radius 1 is 1.33 bits per heavy atom. The first-order chi connectivity index (χ1) is 8.58. The predicted octanol–water partition coefficient (Wildman–Crippen LogP) is 4.03. The Kier molecular flexibility index (Phi) is 4.75. The minimum absolute atomic E-state index is 0.509. The lowest BCUT2D eigenvalue weighted by molar-refractivity contribution is 0.176. The zero-order chi connectivity index (χ0) is 13.1. The van der Waals surface area contributed by atoms with Crippen LogP contribution in [0.25, 0.3) is 0 Å². The van der Waals surface area contributed by atoms with Crippen LogP contribution in [0, 0.1) is 10.5 Å². The van der Waals surface area contributed by atoms with E-state index in [1.54, 1.807) is 6.20 Å². The number of nitrogens with zero attached hydrogens (tertiary/aromatic N) is 1. The number of aliphatic hydroxyl groups is 1. The van der Waals surface area contributed by atoms with E-state index in [9.17, 15) is 5.11 Å². The van der Waals surface area contributed by atoms with E-state index >= 15 is 0 Å². The van der Waals surface area contributed by atoms with Crippen LogP contribution in [-0.2, 0) is 6.42 Å². The van der Waals surface area contributed by atoms with E-state index in [-0.39, 0.29) is 0 Å². The van der Waals surface area contributed by atoms with Crippen LogP contribution in [0.15, 0.2) is 41.0 Å². The molecule has 0 radical (unpaired) electrons. The van der Waals surface area contributed by atoms with Gasteiger partial charge in [0.05, 0.1) is 6.10 Å². The molecule has 0 amide bonds. The number of benzene rings is 1. The van der Waals surface area contributed by atoms with E-state index < -0.39 is 6.10 Å². The van der Waals surface area contributed by atoms with Gasteiger partial charge in [-0.05, 0) is 68.7 Å². The molecule has 1 atom stereocenters. The second-order valence-corrected chi connectivity index (χ2v) is 6.16. The van der Waals surface area contributed by atoms with E-state index in [1.165, 1.54) is 5.56 Å². The number of halogens is 2. The van der Waals surface area contributed by atoms with E-state index in [0.717, 1.165) is 19.3 Å². The SMILES string of the molecule is Cc1cccc(C(O)Cc2ccc(Br)cn2)c1I. The van der Waals surface area contributed by atoms with Gasteiger partial charge in [0.2, 0.25) is 0 Å². The van der Waals surface area contributed by atoms with Gasteiger partial charge in [0.15, 0.2) is 0 Å². The Balaban J connectivity index is 2.19. The highest BCUT2D eigenvalue weighted by atomic mass is 127. The van der Waals surface area contributed by atoms with E-state index in [1.807, 2.05) is 24.3 Å². The first-order valence-corrected chi connectivity index (χ1v) is 7.48. The summed E-state index contributed by atoms with van der Waals surface area (Å²) in [4.78, 5) is 4.29. The minimum atomic E-state index is -0.509. The normalized spacial score (nSPS) is 12.4. The van der Waals surface area contributed by atoms with Crippen molar-refractivity contribution in [1.82, 2.24) is 4.98 Å². The molecule has 0 saturated carbocycles. The van der Waals surface area contributed by atoms with Crippen molar-refractivity contribution in [2.75, 3.05) is 0 Å². The molecule has 4 heteroatoms. The fraction of sp³-hybridized carbons (Fsp3) is 0.214. The molecule has 0 saturated heterocycles. The van der Waals surface area contributed by atoms with Crippen molar-refractivity contribution < 1.29 is 5.11 Å². The summed E-state index contributed by atoms with van der Waals surface area (Å²) in [6.45, 7) is 2.05. The summed E-state index contributed by atoms with van der Waals surface area (Å²) in [5.41, 5.74) is 3.05. The molecule has 0 aliphatic carbocycles. The number of hydrogen-bond donors (Lipinski definition) is 1. The number of pyridine rings is 1. The van der Waals surface area contributed by atoms with Crippen LogP contribution in [0.5, 0.6) is 0 Å². The van der Waals surface area contributed by atoms with Crippen molar-refractivity contribution in [2.24, 2.45) is 0 Å².